The average Bonchev–Trinajstić information content (AvgIpc) is 2.42. The highest BCUT2D eigenvalue weighted by Gasteiger charge is 2.13. The van der Waals surface area contributed by atoms with Gasteiger partial charge in [0.1, 0.15) is 0 Å². The third-order valence-corrected chi connectivity index (χ3v) is 3.10. The Kier molecular flexibility index (Phi) is 3.91. The topological polar surface area (TPSA) is 22.1 Å². The molecule has 3 heteroatoms. The third-order valence-electron chi connectivity index (χ3n) is 2.03. The number of rotatable bonds is 3. The second-order valence-corrected chi connectivity index (χ2v) is 5.36. The van der Waals surface area contributed by atoms with E-state index in [9.17, 15) is 0 Å². The Labute approximate surface area is 96.0 Å². The fraction of sp³-hybridized carbons (Fsp3) is 0.583. The normalized spacial score (nSPS) is 10.6. The van der Waals surface area contributed by atoms with Crippen LogP contribution in [0.2, 0.25) is 0 Å². The second-order valence-electron chi connectivity index (χ2n) is 4.16. The maximum Gasteiger partial charge on any atom is 0.158 e. The van der Waals surface area contributed by atoms with Crippen LogP contribution in [-0.2, 0) is 4.74 Å². The molecule has 0 aliphatic carbocycles. The van der Waals surface area contributed by atoms with E-state index in [1.54, 1.807) is 11.3 Å². The van der Waals surface area contributed by atoms with Crippen LogP contribution >= 0.6 is 11.3 Å². The van der Waals surface area contributed by atoms with Crippen molar-refractivity contribution in [1.29, 1.82) is 0 Å². The lowest BCUT2D eigenvalue weighted by Gasteiger charge is -2.13. The van der Waals surface area contributed by atoms with Crippen molar-refractivity contribution in [3.63, 3.8) is 0 Å². The van der Waals surface area contributed by atoms with Crippen LogP contribution in [-0.4, -0.2) is 11.1 Å². The molecule has 1 heterocycles. The minimum atomic E-state index is 0.194. The molecule has 1 aromatic rings. The van der Waals surface area contributed by atoms with Gasteiger partial charge in [0.2, 0.25) is 0 Å². The van der Waals surface area contributed by atoms with Gasteiger partial charge in [-0.3, -0.25) is 0 Å². The summed E-state index contributed by atoms with van der Waals surface area (Å²) in [4.78, 5) is 5.78. The molecule has 0 atom stereocenters. The Morgan fingerprint density at radius 2 is 1.87 bits per heavy atom. The van der Waals surface area contributed by atoms with Gasteiger partial charge in [0.05, 0.1) is 11.8 Å². The smallest absolute Gasteiger partial charge is 0.158 e. The number of allylic oxidation sites excluding steroid dienone is 1. The second kappa shape index (κ2) is 4.79. The molecule has 1 rings (SSSR count). The van der Waals surface area contributed by atoms with Crippen molar-refractivity contribution >= 4 is 17.1 Å². The Bertz CT molecular complexity index is 353. The molecule has 0 spiro atoms. The summed E-state index contributed by atoms with van der Waals surface area (Å²) in [6, 6.07) is 0. The van der Waals surface area contributed by atoms with E-state index in [1.807, 2.05) is 20.8 Å². The molecule has 0 aromatic carbocycles. The van der Waals surface area contributed by atoms with Crippen LogP contribution in [0.15, 0.2) is 5.57 Å². The van der Waals surface area contributed by atoms with E-state index in [0.29, 0.717) is 0 Å². The molecular formula is C12H19NOS. The van der Waals surface area contributed by atoms with Gasteiger partial charge in [-0.15, -0.1) is 11.3 Å². The van der Waals surface area contributed by atoms with Crippen molar-refractivity contribution in [3.8, 4) is 0 Å². The summed E-state index contributed by atoms with van der Waals surface area (Å²) in [7, 11) is 0. The Morgan fingerprint density at radius 3 is 2.20 bits per heavy atom. The van der Waals surface area contributed by atoms with E-state index in [1.165, 1.54) is 10.5 Å². The van der Waals surface area contributed by atoms with E-state index in [4.69, 9.17) is 4.74 Å². The van der Waals surface area contributed by atoms with Crippen molar-refractivity contribution in [3.05, 3.63) is 21.2 Å². The predicted octanol–water partition coefficient (Wildman–Crippen LogP) is 3.94. The quantitative estimate of drug-likeness (QED) is 0.727. The lowest BCUT2D eigenvalue weighted by molar-refractivity contribution is 0.202. The van der Waals surface area contributed by atoms with Crippen molar-refractivity contribution in [2.45, 2.75) is 47.6 Å². The Balaban J connectivity index is 3.06. The minimum absolute atomic E-state index is 0.194. The zero-order valence-electron chi connectivity index (χ0n) is 10.3. The summed E-state index contributed by atoms with van der Waals surface area (Å²) in [5.41, 5.74) is 2.28. The van der Waals surface area contributed by atoms with E-state index in [-0.39, 0.29) is 6.10 Å². The number of hydrogen-bond donors (Lipinski definition) is 0. The predicted molar refractivity (Wildman–Crippen MR) is 66.1 cm³/mol. The molecule has 0 fully saturated rings. The van der Waals surface area contributed by atoms with Crippen molar-refractivity contribution in [2.24, 2.45) is 0 Å². The molecule has 0 aliphatic rings. The number of aromatic nitrogens is 1. The molecule has 0 bridgehead atoms. The summed E-state index contributed by atoms with van der Waals surface area (Å²) in [5, 5.41) is 0.999. The first-order chi connectivity index (χ1) is 6.91. The van der Waals surface area contributed by atoms with Crippen LogP contribution in [0.3, 0.4) is 0 Å². The molecule has 1 aromatic heterocycles. The fourth-order valence-corrected chi connectivity index (χ4v) is 2.20. The zero-order chi connectivity index (χ0) is 11.6. The Morgan fingerprint density at radius 1 is 1.27 bits per heavy atom. The maximum atomic E-state index is 5.79. The highest BCUT2D eigenvalue weighted by molar-refractivity contribution is 7.12. The lowest BCUT2D eigenvalue weighted by Crippen LogP contribution is -2.03. The van der Waals surface area contributed by atoms with Gasteiger partial charge in [0.25, 0.3) is 0 Å². The first-order valence-corrected chi connectivity index (χ1v) is 6.02. The van der Waals surface area contributed by atoms with Gasteiger partial charge in [-0.25, -0.2) is 4.98 Å². The number of aryl methyl sites for hydroxylation is 2. The largest absolute Gasteiger partial charge is 0.488 e. The average molecular weight is 225 g/mol. The lowest BCUT2D eigenvalue weighted by atomic mass is 10.3. The van der Waals surface area contributed by atoms with Crippen LogP contribution in [0, 0.1) is 13.8 Å². The summed E-state index contributed by atoms with van der Waals surface area (Å²) < 4.78 is 5.79. The van der Waals surface area contributed by atoms with E-state index in [0.717, 1.165) is 16.5 Å². The first kappa shape index (κ1) is 12.2. The third kappa shape index (κ3) is 3.06. The number of ether oxygens (including phenoxy) is 1. The standard InChI is InChI=1S/C12H19NOS/c1-7(2)11(14-8(3)4)12-13-9(5)10(6)15-12/h8H,1-6H3. The summed E-state index contributed by atoms with van der Waals surface area (Å²) in [5.74, 6) is 0.936. The molecule has 15 heavy (non-hydrogen) atoms. The molecule has 0 saturated carbocycles. The molecule has 2 nitrogen and oxygen atoms in total. The van der Waals surface area contributed by atoms with E-state index >= 15 is 0 Å². The summed E-state index contributed by atoms with van der Waals surface area (Å²) in [6.07, 6.45) is 0.194. The van der Waals surface area contributed by atoms with Crippen LogP contribution in [0.5, 0.6) is 0 Å². The van der Waals surface area contributed by atoms with Crippen LogP contribution < -0.4 is 0 Å². The van der Waals surface area contributed by atoms with Crippen LogP contribution in [0.4, 0.5) is 0 Å². The molecule has 0 N–H and O–H groups in total. The highest BCUT2D eigenvalue weighted by Crippen LogP contribution is 2.27. The van der Waals surface area contributed by atoms with Crippen molar-refractivity contribution < 1.29 is 4.74 Å². The van der Waals surface area contributed by atoms with Gasteiger partial charge in [-0.2, -0.15) is 0 Å². The van der Waals surface area contributed by atoms with Crippen LogP contribution in [0.25, 0.3) is 5.76 Å². The summed E-state index contributed by atoms with van der Waals surface area (Å²) in [6.45, 7) is 12.3. The highest BCUT2D eigenvalue weighted by atomic mass is 32.1. The molecular weight excluding hydrogens is 206 g/mol. The molecule has 84 valence electrons. The Hall–Kier alpha value is -0.830. The molecule has 0 aliphatic heterocycles. The summed E-state index contributed by atoms with van der Waals surface area (Å²) >= 11 is 1.70. The molecule has 0 radical (unpaired) electrons. The SMILES string of the molecule is CC(C)=C(OC(C)C)c1nc(C)c(C)s1. The molecule has 0 saturated heterocycles. The van der Waals surface area contributed by atoms with Gasteiger partial charge in [0.15, 0.2) is 10.8 Å². The van der Waals surface area contributed by atoms with Gasteiger partial charge in [0, 0.05) is 4.88 Å². The van der Waals surface area contributed by atoms with Crippen LogP contribution in [0.1, 0.15) is 43.3 Å². The van der Waals surface area contributed by atoms with Gasteiger partial charge < -0.3 is 4.74 Å². The number of nitrogens with zero attached hydrogens (tertiary/aromatic N) is 1. The molecule has 0 amide bonds. The minimum Gasteiger partial charge on any atom is -0.488 e. The van der Waals surface area contributed by atoms with E-state index in [2.05, 4.69) is 25.8 Å². The number of hydrogen-bond acceptors (Lipinski definition) is 3. The van der Waals surface area contributed by atoms with Crippen molar-refractivity contribution in [1.82, 2.24) is 4.98 Å². The van der Waals surface area contributed by atoms with Gasteiger partial charge >= 0.3 is 0 Å². The maximum absolute atomic E-state index is 5.79. The van der Waals surface area contributed by atoms with Gasteiger partial charge in [-0.05, 0) is 47.1 Å². The fourth-order valence-electron chi connectivity index (χ4n) is 1.19. The monoisotopic (exact) mass is 225 g/mol. The van der Waals surface area contributed by atoms with Gasteiger partial charge in [-0.1, -0.05) is 0 Å². The number of thiazole rings is 1. The zero-order valence-corrected chi connectivity index (χ0v) is 11.2. The first-order valence-electron chi connectivity index (χ1n) is 5.20. The molecule has 0 unspecified atom stereocenters. The van der Waals surface area contributed by atoms with Crippen molar-refractivity contribution in [2.75, 3.05) is 0 Å². The van der Waals surface area contributed by atoms with E-state index < -0.39 is 0 Å².